The van der Waals surface area contributed by atoms with Crippen molar-refractivity contribution in [2.45, 2.75) is 5.16 Å². The first kappa shape index (κ1) is 17.0. The Hall–Kier alpha value is -2.80. The summed E-state index contributed by atoms with van der Waals surface area (Å²) in [5.74, 6) is 0.376. The maximum Gasteiger partial charge on any atom is 0.234 e. The lowest BCUT2D eigenvalue weighted by atomic mass is 10.3. The van der Waals surface area contributed by atoms with Crippen molar-refractivity contribution in [3.8, 4) is 11.4 Å². The number of rotatable bonds is 6. The van der Waals surface area contributed by atoms with Crippen LogP contribution in [0.15, 0.2) is 66.1 Å². The fourth-order valence-corrected chi connectivity index (χ4v) is 3.02. The van der Waals surface area contributed by atoms with Crippen molar-refractivity contribution in [2.24, 2.45) is 0 Å². The molecule has 1 amide bonds. The second kappa shape index (κ2) is 7.85. The van der Waals surface area contributed by atoms with Gasteiger partial charge in [0.1, 0.15) is 11.6 Å². The fourth-order valence-electron chi connectivity index (χ4n) is 2.25. The Balaban J connectivity index is 1.64. The van der Waals surface area contributed by atoms with Gasteiger partial charge in [-0.05, 0) is 30.3 Å². The predicted octanol–water partition coefficient (Wildman–Crippen LogP) is 3.75. The van der Waals surface area contributed by atoms with Crippen LogP contribution in [0.5, 0.6) is 5.75 Å². The van der Waals surface area contributed by atoms with Crippen molar-refractivity contribution in [1.29, 1.82) is 0 Å². The number of hydrogen-bond acceptors (Lipinski definition) is 4. The molecule has 0 aliphatic carbocycles. The quantitative estimate of drug-likeness (QED) is 0.683. The van der Waals surface area contributed by atoms with Gasteiger partial charge in [-0.3, -0.25) is 9.36 Å². The molecule has 5 nitrogen and oxygen atoms in total. The van der Waals surface area contributed by atoms with E-state index in [1.807, 2.05) is 0 Å². The number of carbonyl (C=O) groups is 1. The van der Waals surface area contributed by atoms with E-state index in [1.165, 1.54) is 23.9 Å². The minimum atomic E-state index is -0.321. The van der Waals surface area contributed by atoms with Gasteiger partial charge >= 0.3 is 0 Å². The molecule has 7 heteroatoms. The number of methoxy groups -OCH3 is 1. The van der Waals surface area contributed by atoms with Crippen LogP contribution in [-0.2, 0) is 4.79 Å². The van der Waals surface area contributed by atoms with E-state index in [0.717, 1.165) is 0 Å². The Morgan fingerprint density at radius 2 is 2.12 bits per heavy atom. The second-order valence-corrected chi connectivity index (χ2v) is 6.07. The molecule has 128 valence electrons. The lowest BCUT2D eigenvalue weighted by Gasteiger charge is -2.09. The van der Waals surface area contributed by atoms with Gasteiger partial charge in [0.05, 0.1) is 18.6 Å². The maximum atomic E-state index is 13.4. The summed E-state index contributed by atoms with van der Waals surface area (Å²) in [5, 5.41) is 3.43. The molecule has 0 spiro atoms. The smallest absolute Gasteiger partial charge is 0.234 e. The lowest BCUT2D eigenvalue weighted by molar-refractivity contribution is -0.113. The molecule has 25 heavy (non-hydrogen) atoms. The monoisotopic (exact) mass is 357 g/mol. The van der Waals surface area contributed by atoms with Crippen molar-refractivity contribution < 1.29 is 13.9 Å². The summed E-state index contributed by atoms with van der Waals surface area (Å²) in [6.45, 7) is 0. The van der Waals surface area contributed by atoms with Crippen LogP contribution in [0.4, 0.5) is 10.1 Å². The number of thioether (sulfide) groups is 1. The Morgan fingerprint density at radius 1 is 1.28 bits per heavy atom. The van der Waals surface area contributed by atoms with Gasteiger partial charge in [0, 0.05) is 24.1 Å². The number of ether oxygens (including phenoxy) is 1. The first-order valence-corrected chi connectivity index (χ1v) is 8.50. The highest BCUT2D eigenvalue weighted by atomic mass is 32.2. The van der Waals surface area contributed by atoms with E-state index in [-0.39, 0.29) is 17.5 Å². The van der Waals surface area contributed by atoms with E-state index < -0.39 is 0 Å². The van der Waals surface area contributed by atoms with Gasteiger partial charge in [0.25, 0.3) is 0 Å². The standard InChI is InChI=1S/C18H16FN3O2S/c1-24-16-7-3-5-14(11-16)21-17(23)12-25-18-20-8-9-22(18)15-6-2-4-13(19)10-15/h2-11H,12H2,1H3,(H,21,23). The third-order valence-corrected chi connectivity index (χ3v) is 4.35. The number of anilines is 1. The summed E-state index contributed by atoms with van der Waals surface area (Å²) in [7, 11) is 1.57. The first-order valence-electron chi connectivity index (χ1n) is 7.52. The summed E-state index contributed by atoms with van der Waals surface area (Å²) in [6, 6.07) is 13.4. The normalized spacial score (nSPS) is 10.5. The number of nitrogens with one attached hydrogen (secondary N) is 1. The first-order chi connectivity index (χ1) is 12.2. The van der Waals surface area contributed by atoms with Crippen LogP contribution >= 0.6 is 11.8 Å². The summed E-state index contributed by atoms with van der Waals surface area (Å²) in [5.41, 5.74) is 1.33. The molecule has 1 N–H and O–H groups in total. The van der Waals surface area contributed by atoms with Gasteiger partial charge in [0.2, 0.25) is 5.91 Å². The number of amides is 1. The van der Waals surface area contributed by atoms with Gasteiger partial charge < -0.3 is 10.1 Å². The molecule has 0 bridgehead atoms. The molecule has 0 radical (unpaired) electrons. The zero-order valence-electron chi connectivity index (χ0n) is 13.5. The van der Waals surface area contributed by atoms with E-state index in [2.05, 4.69) is 10.3 Å². The molecule has 3 aromatic rings. The van der Waals surface area contributed by atoms with E-state index in [4.69, 9.17) is 4.74 Å². The highest BCUT2D eigenvalue weighted by Gasteiger charge is 2.10. The van der Waals surface area contributed by atoms with E-state index >= 15 is 0 Å². The summed E-state index contributed by atoms with van der Waals surface area (Å²) in [6.07, 6.45) is 3.35. The van der Waals surface area contributed by atoms with Gasteiger partial charge in [0.15, 0.2) is 5.16 Å². The van der Waals surface area contributed by atoms with Crippen LogP contribution in [0, 0.1) is 5.82 Å². The van der Waals surface area contributed by atoms with Crippen molar-refractivity contribution in [3.05, 3.63) is 66.7 Å². The van der Waals surface area contributed by atoms with E-state index in [0.29, 0.717) is 22.3 Å². The molecular formula is C18H16FN3O2S. The van der Waals surface area contributed by atoms with Gasteiger partial charge in [-0.2, -0.15) is 0 Å². The zero-order valence-corrected chi connectivity index (χ0v) is 14.3. The Bertz CT molecular complexity index is 882. The number of benzene rings is 2. The Morgan fingerprint density at radius 3 is 2.92 bits per heavy atom. The Labute approximate surface area is 148 Å². The van der Waals surface area contributed by atoms with E-state index in [1.54, 1.807) is 60.5 Å². The average molecular weight is 357 g/mol. The van der Waals surface area contributed by atoms with Gasteiger partial charge in [-0.15, -0.1) is 0 Å². The molecule has 0 aliphatic rings. The molecule has 3 rings (SSSR count). The second-order valence-electron chi connectivity index (χ2n) is 5.13. The number of aromatic nitrogens is 2. The molecule has 0 aliphatic heterocycles. The molecule has 0 saturated heterocycles. The van der Waals surface area contributed by atoms with Crippen LogP contribution in [0.1, 0.15) is 0 Å². The number of carbonyl (C=O) groups excluding carboxylic acids is 1. The minimum absolute atomic E-state index is 0.160. The number of imidazole rings is 1. The zero-order chi connectivity index (χ0) is 17.6. The third-order valence-electron chi connectivity index (χ3n) is 3.38. The Kier molecular flexibility index (Phi) is 5.35. The maximum absolute atomic E-state index is 13.4. The van der Waals surface area contributed by atoms with Crippen molar-refractivity contribution >= 4 is 23.4 Å². The molecular weight excluding hydrogens is 341 g/mol. The molecule has 0 atom stereocenters. The van der Waals surface area contributed by atoms with Crippen LogP contribution in [-0.4, -0.2) is 28.3 Å². The van der Waals surface area contributed by atoms with Gasteiger partial charge in [-0.25, -0.2) is 9.37 Å². The third kappa shape index (κ3) is 4.39. The van der Waals surface area contributed by atoms with Crippen LogP contribution in [0.3, 0.4) is 0 Å². The van der Waals surface area contributed by atoms with Crippen molar-refractivity contribution in [1.82, 2.24) is 9.55 Å². The number of hydrogen-bond donors (Lipinski definition) is 1. The molecule has 1 aromatic heterocycles. The predicted molar refractivity (Wildman–Crippen MR) is 95.9 cm³/mol. The summed E-state index contributed by atoms with van der Waals surface area (Å²) in [4.78, 5) is 16.4. The van der Waals surface area contributed by atoms with Crippen LogP contribution in [0.25, 0.3) is 5.69 Å². The minimum Gasteiger partial charge on any atom is -0.497 e. The van der Waals surface area contributed by atoms with Crippen LogP contribution in [0.2, 0.25) is 0 Å². The molecule has 1 heterocycles. The summed E-state index contributed by atoms with van der Waals surface area (Å²) >= 11 is 1.28. The van der Waals surface area contributed by atoms with Crippen molar-refractivity contribution in [3.63, 3.8) is 0 Å². The molecule has 0 fully saturated rings. The van der Waals surface area contributed by atoms with E-state index in [9.17, 15) is 9.18 Å². The molecule has 0 saturated carbocycles. The summed E-state index contributed by atoms with van der Waals surface area (Å²) < 4.78 is 20.3. The SMILES string of the molecule is COc1cccc(NC(=O)CSc2nccn2-c2cccc(F)c2)c1. The largest absolute Gasteiger partial charge is 0.497 e. The highest BCUT2D eigenvalue weighted by Crippen LogP contribution is 2.22. The highest BCUT2D eigenvalue weighted by molar-refractivity contribution is 7.99. The fraction of sp³-hybridized carbons (Fsp3) is 0.111. The number of halogens is 1. The topological polar surface area (TPSA) is 56.1 Å². The molecule has 2 aromatic carbocycles. The number of nitrogens with zero attached hydrogens (tertiary/aromatic N) is 2. The van der Waals surface area contributed by atoms with Crippen LogP contribution < -0.4 is 10.1 Å². The lowest BCUT2D eigenvalue weighted by Crippen LogP contribution is -2.14. The molecule has 0 unspecified atom stereocenters. The van der Waals surface area contributed by atoms with Gasteiger partial charge in [-0.1, -0.05) is 23.9 Å². The average Bonchev–Trinajstić information content (AvgIpc) is 3.09. The van der Waals surface area contributed by atoms with Crippen molar-refractivity contribution in [2.75, 3.05) is 18.2 Å².